The summed E-state index contributed by atoms with van der Waals surface area (Å²) in [5, 5.41) is 6.95. The zero-order valence-electron chi connectivity index (χ0n) is 14.2. The van der Waals surface area contributed by atoms with E-state index in [4.69, 9.17) is 0 Å². The van der Waals surface area contributed by atoms with Gasteiger partial charge in [0.1, 0.15) is 5.69 Å². The average molecular weight is 324 g/mol. The Hall–Kier alpha value is -2.14. The number of benzene rings is 1. The van der Waals surface area contributed by atoms with Crippen LogP contribution in [0, 0.1) is 6.92 Å². The van der Waals surface area contributed by atoms with Crippen LogP contribution in [0.25, 0.3) is 0 Å². The molecule has 1 aromatic carbocycles. The lowest BCUT2D eigenvalue weighted by atomic mass is 9.95. The molecule has 2 aliphatic rings. The molecule has 1 aromatic heterocycles. The van der Waals surface area contributed by atoms with Gasteiger partial charge in [-0.15, -0.1) is 0 Å². The Morgan fingerprint density at radius 1 is 1.17 bits per heavy atom. The minimum atomic E-state index is 0.0572. The predicted molar refractivity (Wildman–Crippen MR) is 92.8 cm³/mol. The summed E-state index contributed by atoms with van der Waals surface area (Å²) >= 11 is 0. The minimum absolute atomic E-state index is 0.0572. The monoisotopic (exact) mass is 324 g/mol. The number of carbonyl (C=O) groups is 1. The second-order valence-corrected chi connectivity index (χ2v) is 6.95. The third-order valence-electron chi connectivity index (χ3n) is 5.35. The summed E-state index contributed by atoms with van der Waals surface area (Å²) in [4.78, 5) is 17.0. The molecule has 2 aliphatic heterocycles. The summed E-state index contributed by atoms with van der Waals surface area (Å²) < 4.78 is 0. The maximum absolute atomic E-state index is 12.5. The maximum atomic E-state index is 12.5. The number of carbonyl (C=O) groups excluding carboxylic acids is 1. The van der Waals surface area contributed by atoms with Crippen molar-refractivity contribution in [2.75, 3.05) is 19.6 Å². The fourth-order valence-corrected chi connectivity index (χ4v) is 3.95. The first-order valence-corrected chi connectivity index (χ1v) is 8.83. The van der Waals surface area contributed by atoms with Crippen LogP contribution in [-0.4, -0.2) is 51.6 Å². The number of nitrogens with one attached hydrogen (secondary N) is 1. The van der Waals surface area contributed by atoms with Gasteiger partial charge in [-0.05, 0) is 43.4 Å². The standard InChI is InChI=1S/C19H24N4O/c1-14-12-18(21-20-14)19(24)22-10-7-17(8-11-22)23-9-6-15-4-2-3-5-16(15)13-23/h2-5,12,17H,6-11,13H2,1H3,(H,20,21). The zero-order chi connectivity index (χ0) is 16.5. The first-order valence-electron chi connectivity index (χ1n) is 8.83. The lowest BCUT2D eigenvalue weighted by molar-refractivity contribution is 0.0594. The van der Waals surface area contributed by atoms with E-state index in [0.717, 1.165) is 51.1 Å². The van der Waals surface area contributed by atoms with Crippen LogP contribution in [0.15, 0.2) is 30.3 Å². The van der Waals surface area contributed by atoms with Gasteiger partial charge in [-0.1, -0.05) is 24.3 Å². The number of aromatic amines is 1. The number of aryl methyl sites for hydroxylation is 1. The van der Waals surface area contributed by atoms with Crippen LogP contribution >= 0.6 is 0 Å². The molecule has 126 valence electrons. The molecule has 4 rings (SSSR count). The van der Waals surface area contributed by atoms with Gasteiger partial charge in [0.25, 0.3) is 5.91 Å². The SMILES string of the molecule is Cc1cc(C(=O)N2CCC(N3CCc4ccccc4C3)CC2)n[nH]1. The number of amides is 1. The summed E-state index contributed by atoms with van der Waals surface area (Å²) in [7, 11) is 0. The van der Waals surface area contributed by atoms with E-state index in [2.05, 4.69) is 39.4 Å². The fraction of sp³-hybridized carbons (Fsp3) is 0.474. The quantitative estimate of drug-likeness (QED) is 0.923. The number of likely N-dealkylation sites (tertiary alicyclic amines) is 1. The third-order valence-corrected chi connectivity index (χ3v) is 5.35. The van der Waals surface area contributed by atoms with Crippen molar-refractivity contribution in [3.8, 4) is 0 Å². The van der Waals surface area contributed by atoms with E-state index in [1.54, 1.807) is 0 Å². The van der Waals surface area contributed by atoms with E-state index in [1.165, 1.54) is 11.1 Å². The Kier molecular flexibility index (Phi) is 4.10. The first kappa shape index (κ1) is 15.4. The Morgan fingerprint density at radius 3 is 2.62 bits per heavy atom. The lowest BCUT2D eigenvalue weighted by Gasteiger charge is -2.40. The largest absolute Gasteiger partial charge is 0.337 e. The second kappa shape index (κ2) is 6.40. The molecule has 0 spiro atoms. The van der Waals surface area contributed by atoms with E-state index in [-0.39, 0.29) is 5.91 Å². The van der Waals surface area contributed by atoms with E-state index < -0.39 is 0 Å². The number of nitrogens with zero attached hydrogens (tertiary/aromatic N) is 3. The van der Waals surface area contributed by atoms with Gasteiger partial charge in [0.05, 0.1) is 0 Å². The van der Waals surface area contributed by atoms with Gasteiger partial charge in [-0.25, -0.2) is 0 Å². The molecular weight excluding hydrogens is 300 g/mol. The van der Waals surface area contributed by atoms with Crippen molar-refractivity contribution >= 4 is 5.91 Å². The summed E-state index contributed by atoms with van der Waals surface area (Å²) in [6.07, 6.45) is 3.25. The van der Waals surface area contributed by atoms with E-state index >= 15 is 0 Å². The summed E-state index contributed by atoms with van der Waals surface area (Å²) in [5.41, 5.74) is 4.43. The van der Waals surface area contributed by atoms with Crippen molar-refractivity contribution in [2.45, 2.75) is 38.8 Å². The Balaban J connectivity index is 1.36. The van der Waals surface area contributed by atoms with Crippen molar-refractivity contribution in [3.05, 3.63) is 52.8 Å². The zero-order valence-corrected chi connectivity index (χ0v) is 14.2. The number of piperidine rings is 1. The molecule has 3 heterocycles. The van der Waals surface area contributed by atoms with E-state index in [0.29, 0.717) is 11.7 Å². The number of hydrogen-bond donors (Lipinski definition) is 1. The molecule has 0 bridgehead atoms. The smallest absolute Gasteiger partial charge is 0.274 e. The number of fused-ring (bicyclic) bond motifs is 1. The van der Waals surface area contributed by atoms with Crippen LogP contribution in [0.5, 0.6) is 0 Å². The number of aromatic nitrogens is 2. The molecule has 0 atom stereocenters. The van der Waals surface area contributed by atoms with Crippen LogP contribution in [0.3, 0.4) is 0 Å². The molecule has 5 heteroatoms. The maximum Gasteiger partial charge on any atom is 0.274 e. The lowest BCUT2D eigenvalue weighted by Crippen LogP contribution is -2.48. The number of hydrogen-bond acceptors (Lipinski definition) is 3. The second-order valence-electron chi connectivity index (χ2n) is 6.95. The van der Waals surface area contributed by atoms with Gasteiger partial charge in [0.2, 0.25) is 0 Å². The van der Waals surface area contributed by atoms with Crippen molar-refractivity contribution in [1.29, 1.82) is 0 Å². The molecule has 1 N–H and O–H groups in total. The molecule has 0 saturated carbocycles. The number of rotatable bonds is 2. The molecule has 5 nitrogen and oxygen atoms in total. The number of H-pyrrole nitrogens is 1. The predicted octanol–water partition coefficient (Wildman–Crippen LogP) is 2.38. The molecule has 1 saturated heterocycles. The average Bonchev–Trinajstić information content (AvgIpc) is 3.07. The van der Waals surface area contributed by atoms with Crippen molar-refractivity contribution in [2.24, 2.45) is 0 Å². The van der Waals surface area contributed by atoms with Crippen molar-refractivity contribution in [3.63, 3.8) is 0 Å². The van der Waals surface area contributed by atoms with Crippen LogP contribution in [0.1, 0.15) is 40.2 Å². The van der Waals surface area contributed by atoms with Gasteiger partial charge in [0, 0.05) is 37.9 Å². The fourth-order valence-electron chi connectivity index (χ4n) is 3.95. The highest BCUT2D eigenvalue weighted by Crippen LogP contribution is 2.25. The molecule has 0 aliphatic carbocycles. The summed E-state index contributed by atoms with van der Waals surface area (Å²) in [6.45, 7) is 5.76. The molecule has 1 fully saturated rings. The highest BCUT2D eigenvalue weighted by Gasteiger charge is 2.29. The Bertz CT molecular complexity index is 730. The molecule has 0 unspecified atom stereocenters. The Labute approximate surface area is 142 Å². The van der Waals surface area contributed by atoms with E-state index in [9.17, 15) is 4.79 Å². The highest BCUT2D eigenvalue weighted by atomic mass is 16.2. The molecule has 24 heavy (non-hydrogen) atoms. The van der Waals surface area contributed by atoms with Crippen LogP contribution in [0.2, 0.25) is 0 Å². The van der Waals surface area contributed by atoms with Crippen LogP contribution in [0.4, 0.5) is 0 Å². The van der Waals surface area contributed by atoms with Crippen molar-refractivity contribution in [1.82, 2.24) is 20.0 Å². The molecular formula is C19H24N4O. The molecule has 0 radical (unpaired) electrons. The summed E-state index contributed by atoms with van der Waals surface area (Å²) in [6, 6.07) is 11.2. The van der Waals surface area contributed by atoms with E-state index in [1.807, 2.05) is 17.9 Å². The van der Waals surface area contributed by atoms with Gasteiger partial charge >= 0.3 is 0 Å². The van der Waals surface area contributed by atoms with Gasteiger partial charge < -0.3 is 4.90 Å². The summed E-state index contributed by atoms with van der Waals surface area (Å²) in [5.74, 6) is 0.0572. The highest BCUT2D eigenvalue weighted by molar-refractivity contribution is 5.92. The van der Waals surface area contributed by atoms with Crippen LogP contribution in [-0.2, 0) is 13.0 Å². The first-order chi connectivity index (χ1) is 11.7. The van der Waals surface area contributed by atoms with Crippen molar-refractivity contribution < 1.29 is 4.79 Å². The van der Waals surface area contributed by atoms with Gasteiger partial charge in [0.15, 0.2) is 0 Å². The third kappa shape index (κ3) is 2.96. The Morgan fingerprint density at radius 2 is 1.92 bits per heavy atom. The normalized spacial score (nSPS) is 19.3. The topological polar surface area (TPSA) is 52.2 Å². The minimum Gasteiger partial charge on any atom is -0.337 e. The molecule has 1 amide bonds. The molecule has 2 aromatic rings. The van der Waals surface area contributed by atoms with Crippen LogP contribution < -0.4 is 0 Å². The van der Waals surface area contributed by atoms with Gasteiger partial charge in [-0.2, -0.15) is 5.10 Å². The van der Waals surface area contributed by atoms with Gasteiger partial charge in [-0.3, -0.25) is 14.8 Å².